The summed E-state index contributed by atoms with van der Waals surface area (Å²) >= 11 is 0. The highest BCUT2D eigenvalue weighted by atomic mass is 32.2. The summed E-state index contributed by atoms with van der Waals surface area (Å²) in [4.78, 5) is 13.0. The lowest BCUT2D eigenvalue weighted by molar-refractivity contribution is -0.119. The average Bonchev–Trinajstić information content (AvgIpc) is 2.72. The second-order valence-corrected chi connectivity index (χ2v) is 10.3. The molecule has 5 nitrogen and oxygen atoms in total. The zero-order chi connectivity index (χ0) is 21.7. The van der Waals surface area contributed by atoms with Gasteiger partial charge in [0.25, 0.3) is 10.0 Å². The normalized spacial score (nSPS) is 15.0. The van der Waals surface area contributed by atoms with Gasteiger partial charge in [0.15, 0.2) is 0 Å². The van der Waals surface area contributed by atoms with Gasteiger partial charge in [-0.2, -0.15) is 0 Å². The largest absolute Gasteiger partial charge is 0.354 e. The third kappa shape index (κ3) is 5.42. The Bertz CT molecular complexity index is 978. The number of nitrogens with one attached hydrogen (secondary N) is 1. The molecular formula is C24H32N2O3S. The molecule has 1 aliphatic rings. The van der Waals surface area contributed by atoms with E-state index >= 15 is 0 Å². The van der Waals surface area contributed by atoms with E-state index in [2.05, 4.69) is 5.32 Å². The Morgan fingerprint density at radius 3 is 2.23 bits per heavy atom. The maximum absolute atomic E-state index is 13.5. The molecule has 0 atom stereocenters. The molecule has 2 aromatic rings. The summed E-state index contributed by atoms with van der Waals surface area (Å²) in [6, 6.07) is 12.3. The molecule has 0 bridgehead atoms. The van der Waals surface area contributed by atoms with Crippen LogP contribution in [0.25, 0.3) is 0 Å². The van der Waals surface area contributed by atoms with Gasteiger partial charge in [-0.1, -0.05) is 54.7 Å². The van der Waals surface area contributed by atoms with Crippen LogP contribution in [0.3, 0.4) is 0 Å². The van der Waals surface area contributed by atoms with Gasteiger partial charge in [-0.05, 0) is 63.3 Å². The quantitative estimate of drug-likeness (QED) is 0.706. The Morgan fingerprint density at radius 2 is 1.60 bits per heavy atom. The first kappa shape index (κ1) is 22.3. The zero-order valence-corrected chi connectivity index (χ0v) is 19.0. The maximum Gasteiger partial charge on any atom is 0.264 e. The average molecular weight is 429 g/mol. The predicted molar refractivity (Wildman–Crippen MR) is 121 cm³/mol. The Hall–Kier alpha value is -2.34. The van der Waals surface area contributed by atoms with Crippen molar-refractivity contribution in [1.82, 2.24) is 5.32 Å². The zero-order valence-electron chi connectivity index (χ0n) is 18.1. The number of nitrogens with zero attached hydrogens (tertiary/aromatic N) is 1. The summed E-state index contributed by atoms with van der Waals surface area (Å²) in [5.41, 5.74) is 3.39. The number of carbonyl (C=O) groups excluding carboxylic acids is 1. The number of carbonyl (C=O) groups is 1. The van der Waals surface area contributed by atoms with Crippen LogP contribution in [-0.4, -0.2) is 27.4 Å². The van der Waals surface area contributed by atoms with Gasteiger partial charge in [0.2, 0.25) is 5.91 Å². The molecule has 162 valence electrons. The molecule has 1 saturated carbocycles. The van der Waals surface area contributed by atoms with Crippen molar-refractivity contribution in [2.24, 2.45) is 5.92 Å². The number of anilines is 1. The van der Waals surface area contributed by atoms with Crippen LogP contribution in [0.4, 0.5) is 5.69 Å². The fraction of sp³-hybridized carbons (Fsp3) is 0.458. The smallest absolute Gasteiger partial charge is 0.264 e. The van der Waals surface area contributed by atoms with Gasteiger partial charge >= 0.3 is 0 Å². The molecule has 0 radical (unpaired) electrons. The molecule has 0 saturated heterocycles. The second-order valence-electron chi connectivity index (χ2n) is 8.42. The number of hydrogen-bond donors (Lipinski definition) is 1. The van der Waals surface area contributed by atoms with Gasteiger partial charge in [-0.3, -0.25) is 9.10 Å². The summed E-state index contributed by atoms with van der Waals surface area (Å²) in [5, 5.41) is 2.97. The standard InChI is InChI=1S/C24H32N2O3S/c1-18-9-12-22(13-10-18)30(28,29)26(23-14-11-19(2)15-20(23)3)17-24(27)25-16-21-7-5-4-6-8-21/h9-15,21H,4-8,16-17H2,1-3H3,(H,25,27). The van der Waals surface area contributed by atoms with Crippen LogP contribution in [0.5, 0.6) is 0 Å². The fourth-order valence-corrected chi connectivity index (χ4v) is 5.54. The van der Waals surface area contributed by atoms with Crippen molar-refractivity contribution in [3.8, 4) is 0 Å². The van der Waals surface area contributed by atoms with Gasteiger partial charge in [-0.15, -0.1) is 0 Å². The molecule has 1 N–H and O–H groups in total. The Balaban J connectivity index is 1.85. The minimum absolute atomic E-state index is 0.188. The van der Waals surface area contributed by atoms with Crippen molar-refractivity contribution in [1.29, 1.82) is 0 Å². The highest BCUT2D eigenvalue weighted by Crippen LogP contribution is 2.28. The van der Waals surface area contributed by atoms with Crippen molar-refractivity contribution < 1.29 is 13.2 Å². The fourth-order valence-electron chi connectivity index (χ4n) is 4.06. The molecule has 1 amide bonds. The highest BCUT2D eigenvalue weighted by molar-refractivity contribution is 7.92. The van der Waals surface area contributed by atoms with Crippen LogP contribution in [-0.2, 0) is 14.8 Å². The number of amides is 1. The summed E-state index contributed by atoms with van der Waals surface area (Å²) in [6.07, 6.45) is 5.93. The van der Waals surface area contributed by atoms with Gasteiger partial charge in [-0.25, -0.2) is 8.42 Å². The third-order valence-electron chi connectivity index (χ3n) is 5.83. The van der Waals surface area contributed by atoms with Gasteiger partial charge < -0.3 is 5.32 Å². The SMILES string of the molecule is Cc1ccc(S(=O)(=O)N(CC(=O)NCC2CCCCC2)c2ccc(C)cc2C)cc1. The third-order valence-corrected chi connectivity index (χ3v) is 7.60. The minimum Gasteiger partial charge on any atom is -0.354 e. The van der Waals surface area contributed by atoms with E-state index in [-0.39, 0.29) is 17.3 Å². The summed E-state index contributed by atoms with van der Waals surface area (Å²) < 4.78 is 28.2. The van der Waals surface area contributed by atoms with Crippen LogP contribution in [0.15, 0.2) is 47.4 Å². The van der Waals surface area contributed by atoms with Crippen molar-refractivity contribution >= 4 is 21.6 Å². The van der Waals surface area contributed by atoms with E-state index in [1.807, 2.05) is 32.9 Å². The van der Waals surface area contributed by atoms with E-state index in [0.29, 0.717) is 18.2 Å². The highest BCUT2D eigenvalue weighted by Gasteiger charge is 2.28. The topological polar surface area (TPSA) is 66.5 Å². The molecule has 30 heavy (non-hydrogen) atoms. The Labute approximate surface area is 180 Å². The molecule has 3 rings (SSSR count). The van der Waals surface area contributed by atoms with Crippen LogP contribution < -0.4 is 9.62 Å². The second kappa shape index (κ2) is 9.65. The van der Waals surface area contributed by atoms with Gasteiger partial charge in [0, 0.05) is 6.54 Å². The van der Waals surface area contributed by atoms with E-state index in [1.165, 1.54) is 23.6 Å². The van der Waals surface area contributed by atoms with Gasteiger partial charge in [0.1, 0.15) is 6.54 Å². The molecule has 1 fully saturated rings. The Morgan fingerprint density at radius 1 is 0.967 bits per heavy atom. The van der Waals surface area contributed by atoms with Crippen molar-refractivity contribution in [3.63, 3.8) is 0 Å². The van der Waals surface area contributed by atoms with Crippen LogP contribution >= 0.6 is 0 Å². The first-order chi connectivity index (χ1) is 14.3. The summed E-state index contributed by atoms with van der Waals surface area (Å²) in [5.74, 6) is 0.224. The molecule has 6 heteroatoms. The molecule has 2 aromatic carbocycles. The van der Waals surface area contributed by atoms with Crippen molar-refractivity contribution in [2.45, 2.75) is 57.8 Å². The minimum atomic E-state index is -3.87. The monoisotopic (exact) mass is 428 g/mol. The van der Waals surface area contributed by atoms with E-state index in [1.54, 1.807) is 30.3 Å². The molecule has 1 aliphatic carbocycles. The van der Waals surface area contributed by atoms with E-state index in [0.717, 1.165) is 29.5 Å². The maximum atomic E-state index is 13.5. The van der Waals surface area contributed by atoms with Gasteiger partial charge in [0.05, 0.1) is 10.6 Å². The van der Waals surface area contributed by atoms with E-state index in [4.69, 9.17) is 0 Å². The summed E-state index contributed by atoms with van der Waals surface area (Å²) in [7, 11) is -3.87. The Kier molecular flexibility index (Phi) is 7.19. The number of aryl methyl sites for hydroxylation is 3. The lowest BCUT2D eigenvalue weighted by atomic mass is 9.89. The van der Waals surface area contributed by atoms with Crippen LogP contribution in [0.2, 0.25) is 0 Å². The van der Waals surface area contributed by atoms with Crippen LogP contribution in [0, 0.1) is 26.7 Å². The number of hydrogen-bond acceptors (Lipinski definition) is 3. The van der Waals surface area contributed by atoms with E-state index < -0.39 is 10.0 Å². The molecule has 0 aliphatic heterocycles. The van der Waals surface area contributed by atoms with Crippen molar-refractivity contribution in [3.05, 3.63) is 59.2 Å². The molecular weight excluding hydrogens is 396 g/mol. The summed E-state index contributed by atoms with van der Waals surface area (Å²) in [6.45, 7) is 6.14. The number of benzene rings is 2. The van der Waals surface area contributed by atoms with E-state index in [9.17, 15) is 13.2 Å². The molecule has 0 spiro atoms. The van der Waals surface area contributed by atoms with Crippen molar-refractivity contribution in [2.75, 3.05) is 17.4 Å². The number of sulfonamides is 1. The lowest BCUT2D eigenvalue weighted by Crippen LogP contribution is -2.42. The first-order valence-corrected chi connectivity index (χ1v) is 12.1. The molecule has 0 unspecified atom stereocenters. The van der Waals surface area contributed by atoms with Crippen LogP contribution in [0.1, 0.15) is 48.8 Å². The molecule has 0 aromatic heterocycles. The molecule has 0 heterocycles. The lowest BCUT2D eigenvalue weighted by Gasteiger charge is -2.27. The first-order valence-electron chi connectivity index (χ1n) is 10.7. The number of rotatable bonds is 7. The predicted octanol–water partition coefficient (Wildman–Crippen LogP) is 4.50.